The summed E-state index contributed by atoms with van der Waals surface area (Å²) in [6.45, 7) is 1.29. The molecule has 1 saturated heterocycles. The fourth-order valence-corrected chi connectivity index (χ4v) is 4.22. The molecule has 10 heteroatoms. The Hall–Kier alpha value is -3.40. The number of hydrogen-bond acceptors (Lipinski definition) is 5. The molecule has 0 amide bonds. The minimum atomic E-state index is -4.57. The highest BCUT2D eigenvalue weighted by molar-refractivity contribution is 5.85. The van der Waals surface area contributed by atoms with Crippen LogP contribution in [0.15, 0.2) is 47.4 Å². The quantitative estimate of drug-likeness (QED) is 0.515. The van der Waals surface area contributed by atoms with Crippen LogP contribution in [0.4, 0.5) is 18.9 Å². The first-order chi connectivity index (χ1) is 15.2. The van der Waals surface area contributed by atoms with E-state index < -0.39 is 18.0 Å². The Balaban J connectivity index is 1.69. The van der Waals surface area contributed by atoms with Crippen molar-refractivity contribution >= 4 is 22.2 Å². The summed E-state index contributed by atoms with van der Waals surface area (Å²) in [5.41, 5.74) is 1.19. The molecule has 0 radical (unpaired) electrons. The molecule has 1 N–H and O–H groups in total. The van der Waals surface area contributed by atoms with E-state index in [0.717, 1.165) is 37.3 Å². The monoisotopic (exact) mass is 443 g/mol. The minimum absolute atomic E-state index is 0.227. The van der Waals surface area contributed by atoms with Crippen LogP contribution in [0, 0.1) is 0 Å². The topological polar surface area (TPSA) is 75.7 Å². The molecule has 0 spiro atoms. The van der Waals surface area contributed by atoms with E-state index in [-0.39, 0.29) is 11.1 Å². The summed E-state index contributed by atoms with van der Waals surface area (Å²) in [5.74, 6) is 0. The second-order valence-corrected chi connectivity index (χ2v) is 8.03. The van der Waals surface area contributed by atoms with E-state index in [1.165, 1.54) is 10.6 Å². The van der Waals surface area contributed by atoms with E-state index in [1.54, 1.807) is 23.7 Å². The zero-order valence-electron chi connectivity index (χ0n) is 17.2. The molecule has 0 aliphatic carbocycles. The average Bonchev–Trinajstić information content (AvgIpc) is 3.23. The first-order valence-corrected chi connectivity index (χ1v) is 10.2. The second kappa shape index (κ2) is 7.33. The lowest BCUT2D eigenvalue weighted by atomic mass is 10.1. The van der Waals surface area contributed by atoms with Crippen LogP contribution in [0.25, 0.3) is 27.8 Å². The van der Waals surface area contributed by atoms with Gasteiger partial charge >= 0.3 is 6.18 Å². The molecule has 1 unspecified atom stereocenters. The summed E-state index contributed by atoms with van der Waals surface area (Å²) in [5, 5.41) is 15.0. The number of pyridine rings is 1. The number of aryl methyl sites for hydroxylation is 1. The Labute approximate surface area is 180 Å². The van der Waals surface area contributed by atoms with Gasteiger partial charge in [-0.25, -0.2) is 4.52 Å². The van der Waals surface area contributed by atoms with Gasteiger partial charge in [0.25, 0.3) is 5.56 Å². The molecule has 1 aliphatic heterocycles. The van der Waals surface area contributed by atoms with E-state index in [0.29, 0.717) is 28.8 Å². The van der Waals surface area contributed by atoms with Gasteiger partial charge in [-0.05, 0) is 43.2 Å². The molecule has 32 heavy (non-hydrogen) atoms. The standard InChI is InChI=1S/C22H20F3N5O2/c1-28-20-11-17(13-6-7-26-19(9-13)22(23,24)25)27-30(20)18-10-14(4-5-16(18)21(28)32)29-8-2-3-15(31)12-29/h4-7,9-11,15,31H,2-3,8,12H2,1H3. The van der Waals surface area contributed by atoms with Gasteiger partial charge in [0, 0.05) is 43.7 Å². The van der Waals surface area contributed by atoms with Gasteiger partial charge in [0.15, 0.2) is 0 Å². The predicted octanol–water partition coefficient (Wildman–Crippen LogP) is 3.23. The van der Waals surface area contributed by atoms with E-state index >= 15 is 0 Å². The van der Waals surface area contributed by atoms with Crippen LogP contribution in [0.1, 0.15) is 18.5 Å². The molecule has 0 bridgehead atoms. The lowest BCUT2D eigenvalue weighted by Crippen LogP contribution is -2.38. The van der Waals surface area contributed by atoms with Crippen LogP contribution < -0.4 is 10.5 Å². The Bertz CT molecular complexity index is 1390. The summed E-state index contributed by atoms with van der Waals surface area (Å²) in [4.78, 5) is 18.4. The first-order valence-electron chi connectivity index (χ1n) is 10.2. The molecule has 5 rings (SSSR count). The Morgan fingerprint density at radius 2 is 1.97 bits per heavy atom. The summed E-state index contributed by atoms with van der Waals surface area (Å²) in [6, 6.07) is 9.40. The Morgan fingerprint density at radius 1 is 1.16 bits per heavy atom. The predicted molar refractivity (Wildman–Crippen MR) is 114 cm³/mol. The van der Waals surface area contributed by atoms with Crippen molar-refractivity contribution in [3.05, 3.63) is 58.6 Å². The number of anilines is 1. The maximum atomic E-state index is 13.1. The van der Waals surface area contributed by atoms with Crippen LogP contribution in [-0.2, 0) is 13.2 Å². The molecule has 0 saturated carbocycles. The van der Waals surface area contributed by atoms with Crippen LogP contribution in [0.2, 0.25) is 0 Å². The number of nitrogens with zero attached hydrogens (tertiary/aromatic N) is 5. The van der Waals surface area contributed by atoms with Crippen LogP contribution in [0.5, 0.6) is 0 Å². The fraction of sp³-hybridized carbons (Fsp3) is 0.318. The highest BCUT2D eigenvalue weighted by atomic mass is 19.4. The molecule has 1 aromatic carbocycles. The molecular formula is C22H20F3N5O2. The highest BCUT2D eigenvalue weighted by Gasteiger charge is 2.32. The largest absolute Gasteiger partial charge is 0.433 e. The number of aliphatic hydroxyl groups excluding tert-OH is 1. The zero-order chi connectivity index (χ0) is 22.6. The molecule has 4 aromatic rings. The molecule has 1 aliphatic rings. The number of fused-ring (bicyclic) bond motifs is 3. The number of aliphatic hydroxyl groups is 1. The number of piperidine rings is 1. The van der Waals surface area contributed by atoms with Crippen LogP contribution in [-0.4, -0.2) is 43.5 Å². The number of halogens is 3. The van der Waals surface area contributed by atoms with Gasteiger partial charge in [-0.15, -0.1) is 0 Å². The summed E-state index contributed by atoms with van der Waals surface area (Å²) < 4.78 is 42.3. The maximum Gasteiger partial charge on any atom is 0.433 e. The van der Waals surface area contributed by atoms with Gasteiger partial charge in [-0.2, -0.15) is 18.3 Å². The van der Waals surface area contributed by atoms with Crippen LogP contribution in [0.3, 0.4) is 0 Å². The lowest BCUT2D eigenvalue weighted by Gasteiger charge is -2.32. The zero-order valence-corrected chi connectivity index (χ0v) is 17.2. The minimum Gasteiger partial charge on any atom is -0.391 e. The second-order valence-electron chi connectivity index (χ2n) is 8.03. The Kier molecular flexibility index (Phi) is 4.70. The number of benzene rings is 1. The number of rotatable bonds is 2. The van der Waals surface area contributed by atoms with Crippen molar-refractivity contribution in [3.8, 4) is 11.3 Å². The maximum absolute atomic E-state index is 13.1. The van der Waals surface area contributed by atoms with E-state index in [2.05, 4.69) is 15.0 Å². The molecule has 166 valence electrons. The van der Waals surface area contributed by atoms with Gasteiger partial charge < -0.3 is 10.0 Å². The van der Waals surface area contributed by atoms with Crippen molar-refractivity contribution in [2.24, 2.45) is 7.05 Å². The van der Waals surface area contributed by atoms with Crippen LogP contribution >= 0.6 is 0 Å². The van der Waals surface area contributed by atoms with Gasteiger partial charge in [0.1, 0.15) is 11.3 Å². The third-order valence-corrected chi connectivity index (χ3v) is 5.89. The van der Waals surface area contributed by atoms with Gasteiger partial charge in [-0.1, -0.05) is 0 Å². The van der Waals surface area contributed by atoms with E-state index in [9.17, 15) is 23.1 Å². The number of β-amino-alcohol motifs (C(OH)–C–C–N with tert-alkyl or cyclic N) is 1. The summed E-state index contributed by atoms with van der Waals surface area (Å²) in [6.07, 6.45) is -2.26. The van der Waals surface area contributed by atoms with Crippen molar-refractivity contribution in [1.29, 1.82) is 0 Å². The van der Waals surface area contributed by atoms with Gasteiger partial charge in [0.2, 0.25) is 0 Å². The van der Waals surface area contributed by atoms with Crippen molar-refractivity contribution in [2.45, 2.75) is 25.1 Å². The van der Waals surface area contributed by atoms with Gasteiger partial charge in [-0.3, -0.25) is 14.3 Å². The highest BCUT2D eigenvalue weighted by Crippen LogP contribution is 2.31. The van der Waals surface area contributed by atoms with Crippen molar-refractivity contribution < 1.29 is 18.3 Å². The van der Waals surface area contributed by atoms with E-state index in [4.69, 9.17) is 0 Å². The number of aromatic nitrogens is 4. The summed E-state index contributed by atoms with van der Waals surface area (Å²) >= 11 is 0. The van der Waals surface area contributed by atoms with Crippen molar-refractivity contribution in [3.63, 3.8) is 0 Å². The molecule has 3 aromatic heterocycles. The SMILES string of the molecule is Cn1c(=O)c2ccc(N3CCCC(O)C3)cc2n2nc(-c3ccnc(C(F)(F)F)c3)cc12. The number of hydrogen-bond donors (Lipinski definition) is 1. The smallest absolute Gasteiger partial charge is 0.391 e. The Morgan fingerprint density at radius 3 is 2.72 bits per heavy atom. The van der Waals surface area contributed by atoms with Crippen molar-refractivity contribution in [1.82, 2.24) is 19.2 Å². The summed E-state index contributed by atoms with van der Waals surface area (Å²) in [7, 11) is 1.60. The number of alkyl halides is 3. The average molecular weight is 443 g/mol. The molecular weight excluding hydrogens is 423 g/mol. The third-order valence-electron chi connectivity index (χ3n) is 5.89. The normalized spacial score (nSPS) is 17.4. The van der Waals surface area contributed by atoms with E-state index in [1.807, 2.05) is 12.1 Å². The lowest BCUT2D eigenvalue weighted by molar-refractivity contribution is -0.141. The first kappa shape index (κ1) is 20.5. The molecule has 1 fully saturated rings. The third kappa shape index (κ3) is 3.40. The fourth-order valence-electron chi connectivity index (χ4n) is 4.22. The molecule has 1 atom stereocenters. The van der Waals surface area contributed by atoms with Crippen molar-refractivity contribution in [2.75, 3.05) is 18.0 Å². The van der Waals surface area contributed by atoms with Gasteiger partial charge in [0.05, 0.1) is 22.7 Å². The molecule has 7 nitrogen and oxygen atoms in total. The molecule has 4 heterocycles.